The van der Waals surface area contributed by atoms with E-state index in [-0.39, 0.29) is 13.0 Å². The second-order valence-corrected chi connectivity index (χ2v) is 5.42. The first kappa shape index (κ1) is 15.6. The number of rotatable bonds is 7. The first-order valence-corrected chi connectivity index (χ1v) is 7.35. The van der Waals surface area contributed by atoms with Crippen molar-refractivity contribution in [3.8, 4) is 0 Å². The molecule has 0 aliphatic rings. The average molecular weight is 286 g/mol. The summed E-state index contributed by atoms with van der Waals surface area (Å²) in [5, 5.41) is 0. The van der Waals surface area contributed by atoms with Gasteiger partial charge in [-0.25, -0.2) is 4.72 Å². The second-order valence-electron chi connectivity index (χ2n) is 3.88. The van der Waals surface area contributed by atoms with Crippen LogP contribution in [0.2, 0.25) is 0 Å². The fourth-order valence-corrected chi connectivity index (χ4v) is 2.60. The van der Waals surface area contributed by atoms with E-state index in [1.54, 1.807) is 6.92 Å². The highest BCUT2D eigenvalue weighted by atomic mass is 32.2. The molecular formula is C12H18N2O4S. The van der Waals surface area contributed by atoms with Gasteiger partial charge in [0.15, 0.2) is 0 Å². The Morgan fingerprint density at radius 2 is 1.95 bits per heavy atom. The van der Waals surface area contributed by atoms with Crippen molar-refractivity contribution in [2.75, 3.05) is 13.7 Å². The lowest BCUT2D eigenvalue weighted by Gasteiger charge is -2.16. The van der Waals surface area contributed by atoms with Crippen molar-refractivity contribution >= 4 is 16.2 Å². The number of esters is 1. The number of ether oxygens (including phenoxy) is 1. The smallest absolute Gasteiger partial charge is 0.324 e. The molecule has 1 aromatic rings. The highest BCUT2D eigenvalue weighted by molar-refractivity contribution is 7.87. The number of methoxy groups -OCH3 is 1. The van der Waals surface area contributed by atoms with Crippen molar-refractivity contribution < 1.29 is 17.9 Å². The Morgan fingerprint density at radius 1 is 1.32 bits per heavy atom. The molecule has 1 unspecified atom stereocenters. The van der Waals surface area contributed by atoms with E-state index in [4.69, 9.17) is 0 Å². The van der Waals surface area contributed by atoms with Gasteiger partial charge in [-0.05, 0) is 12.0 Å². The molecule has 0 fully saturated rings. The summed E-state index contributed by atoms with van der Waals surface area (Å²) in [6.07, 6.45) is 0.234. The van der Waals surface area contributed by atoms with Crippen molar-refractivity contribution in [1.29, 1.82) is 0 Å². The maximum atomic E-state index is 11.6. The molecule has 0 aromatic heterocycles. The van der Waals surface area contributed by atoms with E-state index in [9.17, 15) is 13.2 Å². The lowest BCUT2D eigenvalue weighted by atomic mass is 10.1. The molecule has 0 radical (unpaired) electrons. The van der Waals surface area contributed by atoms with Crippen LogP contribution in [0.3, 0.4) is 0 Å². The molecule has 1 rings (SSSR count). The van der Waals surface area contributed by atoms with Gasteiger partial charge in [0.2, 0.25) is 0 Å². The summed E-state index contributed by atoms with van der Waals surface area (Å²) in [7, 11) is -2.48. The minimum atomic E-state index is -3.71. The second kappa shape index (κ2) is 7.22. The van der Waals surface area contributed by atoms with Gasteiger partial charge >= 0.3 is 5.97 Å². The molecule has 2 N–H and O–H groups in total. The largest absolute Gasteiger partial charge is 0.468 e. The number of hydrogen-bond acceptors (Lipinski definition) is 4. The predicted octanol–water partition coefficient (Wildman–Crippen LogP) is 0.215. The molecule has 1 atom stereocenters. The maximum absolute atomic E-state index is 11.6. The molecule has 0 spiro atoms. The summed E-state index contributed by atoms with van der Waals surface area (Å²) >= 11 is 0. The van der Waals surface area contributed by atoms with Crippen LogP contribution in [0.4, 0.5) is 0 Å². The lowest BCUT2D eigenvalue weighted by molar-refractivity contribution is -0.142. The monoisotopic (exact) mass is 286 g/mol. The van der Waals surface area contributed by atoms with E-state index in [1.165, 1.54) is 7.11 Å². The summed E-state index contributed by atoms with van der Waals surface area (Å²) < 4.78 is 32.4. The predicted molar refractivity (Wildman–Crippen MR) is 71.7 cm³/mol. The van der Waals surface area contributed by atoms with Crippen LogP contribution in [0.25, 0.3) is 0 Å². The molecule has 106 valence electrons. The fourth-order valence-electron chi connectivity index (χ4n) is 1.58. The van der Waals surface area contributed by atoms with Gasteiger partial charge in [0, 0.05) is 6.54 Å². The summed E-state index contributed by atoms with van der Waals surface area (Å²) in [6.45, 7) is 1.90. The van der Waals surface area contributed by atoms with Crippen molar-refractivity contribution in [1.82, 2.24) is 9.44 Å². The zero-order valence-corrected chi connectivity index (χ0v) is 11.7. The van der Waals surface area contributed by atoms with Crippen LogP contribution < -0.4 is 9.44 Å². The van der Waals surface area contributed by atoms with Crippen LogP contribution in [0, 0.1) is 0 Å². The first-order chi connectivity index (χ1) is 8.98. The normalized spacial score (nSPS) is 12.9. The van der Waals surface area contributed by atoms with E-state index in [0.29, 0.717) is 0 Å². The van der Waals surface area contributed by atoms with Gasteiger partial charge in [0.25, 0.3) is 10.2 Å². The van der Waals surface area contributed by atoms with Gasteiger partial charge in [-0.3, -0.25) is 4.79 Å². The standard InChI is InChI=1S/C12H18N2O4S/c1-3-13-19(16,17)14-11(12(15)18-2)9-10-7-5-4-6-8-10/h4-8,11,13-14H,3,9H2,1-2H3. The molecule has 0 amide bonds. The van der Waals surface area contributed by atoms with Gasteiger partial charge < -0.3 is 4.74 Å². The lowest BCUT2D eigenvalue weighted by Crippen LogP contribution is -2.47. The molecule has 0 bridgehead atoms. The zero-order chi connectivity index (χ0) is 14.3. The van der Waals surface area contributed by atoms with Crippen LogP contribution in [0.1, 0.15) is 12.5 Å². The Kier molecular flexibility index (Phi) is 5.94. The Balaban J connectivity index is 2.82. The van der Waals surface area contributed by atoms with E-state index < -0.39 is 22.2 Å². The highest BCUT2D eigenvalue weighted by Gasteiger charge is 2.24. The van der Waals surface area contributed by atoms with E-state index >= 15 is 0 Å². The Morgan fingerprint density at radius 3 is 2.47 bits per heavy atom. The number of carbonyl (C=O) groups is 1. The number of benzene rings is 1. The van der Waals surface area contributed by atoms with Gasteiger partial charge in [0.1, 0.15) is 6.04 Å². The molecule has 0 saturated carbocycles. The molecule has 7 heteroatoms. The number of nitrogens with one attached hydrogen (secondary N) is 2. The van der Waals surface area contributed by atoms with E-state index in [1.807, 2.05) is 30.3 Å². The summed E-state index contributed by atoms with van der Waals surface area (Å²) in [5.41, 5.74) is 0.845. The third-order valence-electron chi connectivity index (χ3n) is 2.40. The molecule has 0 aliphatic heterocycles. The topological polar surface area (TPSA) is 84.5 Å². The van der Waals surface area contributed by atoms with Crippen molar-refractivity contribution in [3.05, 3.63) is 35.9 Å². The van der Waals surface area contributed by atoms with Crippen molar-refractivity contribution in [3.63, 3.8) is 0 Å². The summed E-state index contributed by atoms with van der Waals surface area (Å²) in [6, 6.07) is 8.18. The van der Waals surface area contributed by atoms with Crippen molar-refractivity contribution in [2.24, 2.45) is 0 Å². The molecule has 6 nitrogen and oxygen atoms in total. The molecule has 1 aromatic carbocycles. The van der Waals surface area contributed by atoms with E-state index in [0.717, 1.165) is 5.56 Å². The average Bonchev–Trinajstić information content (AvgIpc) is 2.38. The minimum Gasteiger partial charge on any atom is -0.468 e. The number of hydrogen-bond donors (Lipinski definition) is 2. The summed E-state index contributed by atoms with van der Waals surface area (Å²) in [5.74, 6) is -0.620. The van der Waals surface area contributed by atoms with Crippen molar-refractivity contribution in [2.45, 2.75) is 19.4 Å². The van der Waals surface area contributed by atoms with Crippen LogP contribution in [-0.2, 0) is 26.2 Å². The van der Waals surface area contributed by atoms with E-state index in [2.05, 4.69) is 14.2 Å². The Hall–Kier alpha value is -1.44. The van der Waals surface area contributed by atoms with Gasteiger partial charge in [-0.1, -0.05) is 37.3 Å². The highest BCUT2D eigenvalue weighted by Crippen LogP contribution is 2.05. The molecule has 0 aliphatic carbocycles. The molecule has 0 saturated heterocycles. The third-order valence-corrected chi connectivity index (χ3v) is 3.66. The number of carbonyl (C=O) groups excluding carboxylic acids is 1. The molecule has 19 heavy (non-hydrogen) atoms. The quantitative estimate of drug-likeness (QED) is 0.702. The van der Waals surface area contributed by atoms with Gasteiger partial charge in [0.05, 0.1) is 7.11 Å². The van der Waals surface area contributed by atoms with Crippen LogP contribution in [0.5, 0.6) is 0 Å². The van der Waals surface area contributed by atoms with Gasteiger partial charge in [-0.2, -0.15) is 13.1 Å². The Labute approximate surface area is 113 Å². The minimum absolute atomic E-state index is 0.234. The van der Waals surface area contributed by atoms with Crippen LogP contribution in [0.15, 0.2) is 30.3 Å². The Bertz CT molecular complexity index is 502. The van der Waals surface area contributed by atoms with Crippen LogP contribution >= 0.6 is 0 Å². The van der Waals surface area contributed by atoms with Crippen LogP contribution in [-0.4, -0.2) is 34.1 Å². The first-order valence-electron chi connectivity index (χ1n) is 5.87. The molecular weight excluding hydrogens is 268 g/mol. The fraction of sp³-hybridized carbons (Fsp3) is 0.417. The third kappa shape index (κ3) is 5.37. The summed E-state index contributed by atoms with van der Waals surface area (Å²) in [4.78, 5) is 11.6. The zero-order valence-electron chi connectivity index (χ0n) is 10.9. The van der Waals surface area contributed by atoms with Gasteiger partial charge in [-0.15, -0.1) is 0 Å². The SMILES string of the molecule is CCNS(=O)(=O)NC(Cc1ccccc1)C(=O)OC. The maximum Gasteiger partial charge on any atom is 0.324 e. The molecule has 0 heterocycles.